The first-order valence-electron chi connectivity index (χ1n) is 10.6. The minimum Gasteiger partial charge on any atom is -0.322 e. The van der Waals surface area contributed by atoms with Gasteiger partial charge in [-0.1, -0.05) is 29.8 Å². The molecule has 5 rings (SSSR count). The van der Waals surface area contributed by atoms with Gasteiger partial charge < -0.3 is 5.32 Å². The second kappa shape index (κ2) is 8.88. The van der Waals surface area contributed by atoms with Gasteiger partial charge in [0.25, 0.3) is 5.91 Å². The molecule has 0 radical (unpaired) electrons. The minimum absolute atomic E-state index is 0.158. The lowest BCUT2D eigenvalue weighted by Crippen LogP contribution is -2.30. The summed E-state index contributed by atoms with van der Waals surface area (Å²) in [4.78, 5) is 21.7. The number of hydrogen-bond donors (Lipinski definition) is 1. The predicted molar refractivity (Wildman–Crippen MR) is 133 cm³/mol. The first kappa shape index (κ1) is 23.2. The number of likely N-dealkylation sites (N-methyl/N-ethyl adjacent to an activating group) is 1. The van der Waals surface area contributed by atoms with Crippen LogP contribution in [0.1, 0.15) is 10.4 Å². The van der Waals surface area contributed by atoms with Crippen molar-refractivity contribution in [2.45, 2.75) is 0 Å². The van der Waals surface area contributed by atoms with Crippen molar-refractivity contribution in [2.75, 3.05) is 29.8 Å². The van der Waals surface area contributed by atoms with Crippen molar-refractivity contribution in [3.63, 3.8) is 0 Å². The number of nitrogens with one attached hydrogen (secondary N) is 1. The molecule has 3 aromatic carbocycles. The Morgan fingerprint density at radius 2 is 1.89 bits per heavy atom. The molecule has 0 saturated carbocycles. The maximum Gasteiger partial charge on any atom is 0.303 e. The molecule has 11 heteroatoms. The quantitative estimate of drug-likeness (QED) is 0.440. The second-order valence-corrected chi connectivity index (χ2v) is 10.3. The van der Waals surface area contributed by atoms with E-state index in [9.17, 15) is 17.6 Å². The SMILES string of the molecule is CN1CCN(c2ccc(C(=O)Nc3ccc(Cl)c(-c4ncc5ccccc5n4)c3)c(F)c2)S1(=O)=O. The number of halogens is 2. The summed E-state index contributed by atoms with van der Waals surface area (Å²) in [5, 5.41) is 3.93. The van der Waals surface area contributed by atoms with Gasteiger partial charge in [0.1, 0.15) is 5.82 Å². The highest BCUT2D eigenvalue weighted by Crippen LogP contribution is 2.30. The van der Waals surface area contributed by atoms with E-state index < -0.39 is 21.9 Å². The van der Waals surface area contributed by atoms with Crippen molar-refractivity contribution in [3.05, 3.63) is 83.3 Å². The van der Waals surface area contributed by atoms with Crippen LogP contribution in [0.15, 0.2) is 66.9 Å². The summed E-state index contributed by atoms with van der Waals surface area (Å²) in [6, 6.07) is 16.0. The largest absolute Gasteiger partial charge is 0.322 e. The van der Waals surface area contributed by atoms with Gasteiger partial charge in [0.15, 0.2) is 5.82 Å². The summed E-state index contributed by atoms with van der Waals surface area (Å²) in [6.07, 6.45) is 1.69. The molecule has 1 fully saturated rings. The third-order valence-electron chi connectivity index (χ3n) is 5.73. The van der Waals surface area contributed by atoms with Crippen molar-refractivity contribution in [3.8, 4) is 11.4 Å². The van der Waals surface area contributed by atoms with E-state index in [2.05, 4.69) is 15.3 Å². The molecule has 0 aliphatic carbocycles. The molecule has 0 spiro atoms. The Bertz CT molecular complexity index is 1580. The van der Waals surface area contributed by atoms with Gasteiger partial charge in [0, 0.05) is 43.0 Å². The maximum atomic E-state index is 14.8. The Morgan fingerprint density at radius 3 is 2.63 bits per heavy atom. The molecule has 4 aromatic rings. The van der Waals surface area contributed by atoms with Gasteiger partial charge >= 0.3 is 10.2 Å². The second-order valence-electron chi connectivity index (χ2n) is 7.97. The molecule has 0 bridgehead atoms. The lowest BCUT2D eigenvalue weighted by molar-refractivity contribution is 0.102. The number of carbonyl (C=O) groups is 1. The maximum absolute atomic E-state index is 14.8. The topological polar surface area (TPSA) is 95.5 Å². The van der Waals surface area contributed by atoms with Crippen LogP contribution in [0, 0.1) is 5.82 Å². The third-order valence-corrected chi connectivity index (χ3v) is 7.98. The summed E-state index contributed by atoms with van der Waals surface area (Å²) < 4.78 is 41.8. The molecule has 0 atom stereocenters. The standard InChI is InChI=1S/C24H19ClFN5O3S/c1-30-10-11-31(35(30,33)34)17-7-8-18(21(26)13-17)24(32)28-16-6-9-20(25)19(12-16)23-27-14-15-4-2-3-5-22(15)29-23/h2-9,12-14H,10-11H2,1H3,(H,28,32). The summed E-state index contributed by atoms with van der Waals surface area (Å²) in [6.45, 7) is 0.500. The van der Waals surface area contributed by atoms with E-state index in [0.29, 0.717) is 28.6 Å². The molecular weight excluding hydrogens is 493 g/mol. The predicted octanol–water partition coefficient (Wildman–Crippen LogP) is 4.34. The molecular formula is C24H19ClFN5O3S. The first-order valence-corrected chi connectivity index (χ1v) is 12.4. The third kappa shape index (κ3) is 4.31. The van der Waals surface area contributed by atoms with Crippen LogP contribution in [-0.2, 0) is 10.2 Å². The van der Waals surface area contributed by atoms with Crippen molar-refractivity contribution in [1.29, 1.82) is 0 Å². The van der Waals surface area contributed by atoms with Gasteiger partial charge in [-0.2, -0.15) is 12.7 Å². The molecule has 0 unspecified atom stereocenters. The number of anilines is 2. The zero-order valence-electron chi connectivity index (χ0n) is 18.4. The average Bonchev–Trinajstić information content (AvgIpc) is 3.11. The van der Waals surface area contributed by atoms with E-state index in [1.165, 1.54) is 23.5 Å². The Hall–Kier alpha value is -3.60. The molecule has 1 amide bonds. The van der Waals surface area contributed by atoms with E-state index in [1.807, 2.05) is 24.3 Å². The van der Waals surface area contributed by atoms with Crippen LogP contribution in [0.3, 0.4) is 0 Å². The van der Waals surface area contributed by atoms with E-state index >= 15 is 0 Å². The van der Waals surface area contributed by atoms with Crippen LogP contribution in [0.2, 0.25) is 5.02 Å². The molecule has 1 aliphatic heterocycles. The van der Waals surface area contributed by atoms with Crippen LogP contribution in [0.4, 0.5) is 15.8 Å². The number of hydrogen-bond acceptors (Lipinski definition) is 5. The summed E-state index contributed by atoms with van der Waals surface area (Å²) in [5.41, 5.74) is 1.56. The lowest BCUT2D eigenvalue weighted by atomic mass is 10.1. The molecule has 1 aliphatic rings. The van der Waals surface area contributed by atoms with E-state index in [4.69, 9.17) is 11.6 Å². The molecule has 1 aromatic heterocycles. The summed E-state index contributed by atoms with van der Waals surface area (Å²) in [7, 11) is -2.24. The van der Waals surface area contributed by atoms with Gasteiger partial charge in [0.2, 0.25) is 0 Å². The van der Waals surface area contributed by atoms with Gasteiger partial charge in [-0.25, -0.2) is 14.4 Å². The van der Waals surface area contributed by atoms with Crippen LogP contribution >= 0.6 is 11.6 Å². The summed E-state index contributed by atoms with van der Waals surface area (Å²) >= 11 is 6.36. The molecule has 2 heterocycles. The van der Waals surface area contributed by atoms with Gasteiger partial charge in [-0.15, -0.1) is 0 Å². The monoisotopic (exact) mass is 511 g/mol. The number of rotatable bonds is 4. The summed E-state index contributed by atoms with van der Waals surface area (Å²) in [5.74, 6) is -1.14. The number of carbonyl (C=O) groups excluding carboxylic acids is 1. The smallest absolute Gasteiger partial charge is 0.303 e. The van der Waals surface area contributed by atoms with Crippen molar-refractivity contribution >= 4 is 50.0 Å². The normalized spacial score (nSPS) is 15.5. The van der Waals surface area contributed by atoms with Gasteiger partial charge in [-0.05, 0) is 42.5 Å². The molecule has 8 nitrogen and oxygen atoms in total. The highest BCUT2D eigenvalue weighted by molar-refractivity contribution is 7.90. The average molecular weight is 512 g/mol. The molecule has 1 saturated heterocycles. The Balaban J connectivity index is 1.40. The van der Waals surface area contributed by atoms with Crippen LogP contribution < -0.4 is 9.62 Å². The first-order chi connectivity index (χ1) is 16.7. The fourth-order valence-corrected chi connectivity index (χ4v) is 5.35. The molecule has 178 valence electrons. The zero-order chi connectivity index (χ0) is 24.7. The highest BCUT2D eigenvalue weighted by atomic mass is 35.5. The number of nitrogens with zero attached hydrogens (tertiary/aromatic N) is 4. The van der Waals surface area contributed by atoms with Gasteiger partial charge in [-0.3, -0.25) is 9.10 Å². The van der Waals surface area contributed by atoms with Crippen LogP contribution in [0.25, 0.3) is 22.3 Å². The van der Waals surface area contributed by atoms with E-state index in [1.54, 1.807) is 24.4 Å². The number of para-hydroxylation sites is 1. The molecule has 35 heavy (non-hydrogen) atoms. The van der Waals surface area contributed by atoms with Crippen molar-refractivity contribution < 1.29 is 17.6 Å². The number of amides is 1. The van der Waals surface area contributed by atoms with Crippen molar-refractivity contribution in [1.82, 2.24) is 14.3 Å². The highest BCUT2D eigenvalue weighted by Gasteiger charge is 2.34. The van der Waals surface area contributed by atoms with E-state index in [0.717, 1.165) is 21.3 Å². The minimum atomic E-state index is -3.69. The van der Waals surface area contributed by atoms with E-state index in [-0.39, 0.29) is 17.8 Å². The Morgan fingerprint density at radius 1 is 1.09 bits per heavy atom. The fourth-order valence-electron chi connectivity index (χ4n) is 3.81. The van der Waals surface area contributed by atoms with Gasteiger partial charge in [0.05, 0.1) is 21.8 Å². The molecule has 1 N–H and O–H groups in total. The Kier molecular flexibility index (Phi) is 5.87. The van der Waals surface area contributed by atoms with Crippen LogP contribution in [0.5, 0.6) is 0 Å². The lowest BCUT2D eigenvalue weighted by Gasteiger charge is -2.18. The Labute approximate surface area is 206 Å². The number of benzene rings is 3. The van der Waals surface area contributed by atoms with Crippen LogP contribution in [-0.4, -0.2) is 48.7 Å². The number of fused-ring (bicyclic) bond motifs is 1. The van der Waals surface area contributed by atoms with Crippen molar-refractivity contribution in [2.24, 2.45) is 0 Å². The number of aromatic nitrogens is 2. The fraction of sp³-hybridized carbons (Fsp3) is 0.125. The zero-order valence-corrected chi connectivity index (χ0v) is 20.0.